The number of likely N-dealkylation sites (tertiary alicyclic amines) is 1. The molecule has 3 aromatic rings. The highest BCUT2D eigenvalue weighted by molar-refractivity contribution is 5.53. The van der Waals surface area contributed by atoms with Gasteiger partial charge in [-0.25, -0.2) is 0 Å². The molecule has 2 aliphatic heterocycles. The van der Waals surface area contributed by atoms with Gasteiger partial charge in [0.25, 0.3) is 0 Å². The normalized spacial score (nSPS) is 19.5. The zero-order valence-electron chi connectivity index (χ0n) is 18.8. The predicted molar refractivity (Wildman–Crippen MR) is 122 cm³/mol. The van der Waals surface area contributed by atoms with Crippen LogP contribution in [0.15, 0.2) is 47.0 Å². The Bertz CT molecular complexity index is 1050. The van der Waals surface area contributed by atoms with Crippen LogP contribution in [0.1, 0.15) is 29.9 Å². The van der Waals surface area contributed by atoms with Crippen LogP contribution in [0.2, 0.25) is 0 Å². The molecule has 0 bridgehead atoms. The van der Waals surface area contributed by atoms with Crippen molar-refractivity contribution in [3.63, 3.8) is 0 Å². The first-order chi connectivity index (χ1) is 15.7. The third-order valence-corrected chi connectivity index (χ3v) is 6.60. The summed E-state index contributed by atoms with van der Waals surface area (Å²) in [5.41, 5.74) is 3.69. The van der Waals surface area contributed by atoms with Gasteiger partial charge in [0.1, 0.15) is 0 Å². The van der Waals surface area contributed by atoms with Crippen LogP contribution in [0.25, 0.3) is 11.4 Å². The molecule has 1 saturated heterocycles. The maximum Gasteiger partial charge on any atom is 0.241 e. The molecule has 0 N–H and O–H groups in total. The molecule has 168 valence electrons. The number of piperidine rings is 1. The van der Waals surface area contributed by atoms with E-state index in [1.54, 1.807) is 14.2 Å². The van der Waals surface area contributed by atoms with Gasteiger partial charge in [-0.3, -0.25) is 9.80 Å². The number of aromatic nitrogens is 2. The van der Waals surface area contributed by atoms with E-state index in [4.69, 9.17) is 14.0 Å². The van der Waals surface area contributed by atoms with Crippen molar-refractivity contribution >= 4 is 0 Å². The summed E-state index contributed by atoms with van der Waals surface area (Å²) in [5, 5.41) is 4.17. The minimum absolute atomic E-state index is 0.529. The van der Waals surface area contributed by atoms with E-state index >= 15 is 0 Å². The first kappa shape index (κ1) is 21.0. The number of nitrogens with zero attached hydrogens (tertiary/aromatic N) is 4. The van der Waals surface area contributed by atoms with Gasteiger partial charge in [0.2, 0.25) is 11.7 Å². The van der Waals surface area contributed by atoms with Crippen molar-refractivity contribution in [2.24, 2.45) is 0 Å². The average Bonchev–Trinajstić information content (AvgIpc) is 3.32. The molecule has 0 radical (unpaired) electrons. The van der Waals surface area contributed by atoms with Gasteiger partial charge in [-0.1, -0.05) is 35.5 Å². The molecule has 0 aliphatic carbocycles. The van der Waals surface area contributed by atoms with Crippen molar-refractivity contribution in [2.45, 2.75) is 38.4 Å². The molecule has 1 fully saturated rings. The van der Waals surface area contributed by atoms with Gasteiger partial charge in [0.15, 0.2) is 11.5 Å². The number of hydrogen-bond acceptors (Lipinski definition) is 7. The van der Waals surface area contributed by atoms with Gasteiger partial charge in [-0.05, 0) is 49.1 Å². The molecule has 0 saturated carbocycles. The van der Waals surface area contributed by atoms with Crippen LogP contribution in [-0.2, 0) is 19.5 Å². The maximum absolute atomic E-state index is 5.55. The fourth-order valence-electron chi connectivity index (χ4n) is 4.90. The molecule has 2 aliphatic rings. The zero-order valence-corrected chi connectivity index (χ0v) is 18.8. The number of rotatable bonds is 6. The number of benzene rings is 2. The second-order valence-corrected chi connectivity index (χ2v) is 8.61. The number of methoxy groups -OCH3 is 2. The summed E-state index contributed by atoms with van der Waals surface area (Å²) >= 11 is 0. The molecular formula is C25H30N4O3. The van der Waals surface area contributed by atoms with Crippen LogP contribution in [0.3, 0.4) is 0 Å². The Kier molecular flexibility index (Phi) is 6.10. The third-order valence-electron chi connectivity index (χ3n) is 6.60. The Morgan fingerprint density at radius 3 is 2.59 bits per heavy atom. The summed E-state index contributed by atoms with van der Waals surface area (Å²) < 4.78 is 16.6. The number of fused-ring (bicyclic) bond motifs is 1. The smallest absolute Gasteiger partial charge is 0.241 e. The van der Waals surface area contributed by atoms with Crippen LogP contribution in [-0.4, -0.2) is 59.8 Å². The van der Waals surface area contributed by atoms with Crippen LogP contribution >= 0.6 is 0 Å². The highest BCUT2D eigenvalue weighted by Gasteiger charge is 2.29. The Hall–Kier alpha value is -2.90. The molecule has 7 nitrogen and oxygen atoms in total. The van der Waals surface area contributed by atoms with Crippen LogP contribution in [0.5, 0.6) is 11.5 Å². The number of hydrogen-bond donors (Lipinski definition) is 0. The van der Waals surface area contributed by atoms with Crippen molar-refractivity contribution < 1.29 is 14.0 Å². The van der Waals surface area contributed by atoms with Gasteiger partial charge in [-0.2, -0.15) is 4.98 Å². The van der Waals surface area contributed by atoms with E-state index in [-0.39, 0.29) is 0 Å². The van der Waals surface area contributed by atoms with Gasteiger partial charge in [0.05, 0.1) is 20.8 Å². The van der Waals surface area contributed by atoms with Crippen molar-refractivity contribution in [3.8, 4) is 22.9 Å². The van der Waals surface area contributed by atoms with E-state index < -0.39 is 0 Å². The minimum Gasteiger partial charge on any atom is -0.493 e. The minimum atomic E-state index is 0.529. The van der Waals surface area contributed by atoms with E-state index in [1.165, 1.54) is 24.0 Å². The van der Waals surface area contributed by atoms with Crippen molar-refractivity contribution in [2.75, 3.05) is 33.9 Å². The van der Waals surface area contributed by atoms with E-state index in [0.29, 0.717) is 24.3 Å². The SMILES string of the molecule is COc1cc2c(cc1OC)CN(C1CCCN(Cc3nc(-c4ccccc4)no3)C1)CC2. The molecule has 0 amide bonds. The summed E-state index contributed by atoms with van der Waals surface area (Å²) in [5.74, 6) is 2.97. The highest BCUT2D eigenvalue weighted by atomic mass is 16.5. The van der Waals surface area contributed by atoms with E-state index in [9.17, 15) is 0 Å². The van der Waals surface area contributed by atoms with Gasteiger partial charge in [0, 0.05) is 31.2 Å². The summed E-state index contributed by atoms with van der Waals surface area (Å²) in [4.78, 5) is 9.68. The fourth-order valence-corrected chi connectivity index (χ4v) is 4.90. The lowest BCUT2D eigenvalue weighted by Crippen LogP contribution is -2.49. The molecule has 0 spiro atoms. The summed E-state index contributed by atoms with van der Waals surface area (Å²) in [6.45, 7) is 4.80. The highest BCUT2D eigenvalue weighted by Crippen LogP contribution is 2.34. The molecule has 7 heteroatoms. The fraction of sp³-hybridized carbons (Fsp3) is 0.440. The molecule has 1 aromatic heterocycles. The topological polar surface area (TPSA) is 63.9 Å². The molecule has 32 heavy (non-hydrogen) atoms. The molecule has 2 aromatic carbocycles. The van der Waals surface area contributed by atoms with Crippen LogP contribution in [0.4, 0.5) is 0 Å². The van der Waals surface area contributed by atoms with Gasteiger partial charge >= 0.3 is 0 Å². The van der Waals surface area contributed by atoms with E-state index in [2.05, 4.69) is 32.1 Å². The van der Waals surface area contributed by atoms with Crippen molar-refractivity contribution in [1.82, 2.24) is 19.9 Å². The first-order valence-corrected chi connectivity index (χ1v) is 11.3. The lowest BCUT2D eigenvalue weighted by atomic mass is 9.95. The standard InChI is InChI=1S/C25H30N4O3/c1-30-22-13-19-10-12-29(15-20(19)14-23(22)31-2)21-9-6-11-28(16-21)17-24-26-25(27-32-24)18-7-4-3-5-8-18/h3-5,7-8,13-14,21H,6,9-12,15-17H2,1-2H3. The second-order valence-electron chi connectivity index (χ2n) is 8.61. The Morgan fingerprint density at radius 2 is 1.81 bits per heavy atom. The van der Waals surface area contributed by atoms with Gasteiger partial charge in [-0.15, -0.1) is 0 Å². The van der Waals surface area contributed by atoms with Gasteiger partial charge < -0.3 is 14.0 Å². The predicted octanol–water partition coefficient (Wildman–Crippen LogP) is 3.78. The lowest BCUT2D eigenvalue weighted by molar-refractivity contribution is 0.0778. The third kappa shape index (κ3) is 4.36. The Morgan fingerprint density at radius 1 is 1.03 bits per heavy atom. The van der Waals surface area contributed by atoms with Crippen molar-refractivity contribution in [1.29, 1.82) is 0 Å². The van der Waals surface area contributed by atoms with Crippen LogP contribution < -0.4 is 9.47 Å². The monoisotopic (exact) mass is 434 g/mol. The van der Waals surface area contributed by atoms with E-state index in [1.807, 2.05) is 30.3 Å². The first-order valence-electron chi connectivity index (χ1n) is 11.3. The second kappa shape index (κ2) is 9.30. The molecular weight excluding hydrogens is 404 g/mol. The molecule has 3 heterocycles. The summed E-state index contributed by atoms with van der Waals surface area (Å²) in [6.07, 6.45) is 3.44. The maximum atomic E-state index is 5.55. The quantitative estimate of drug-likeness (QED) is 0.585. The average molecular weight is 435 g/mol. The van der Waals surface area contributed by atoms with Crippen LogP contribution in [0, 0.1) is 0 Å². The molecule has 1 atom stereocenters. The summed E-state index contributed by atoms with van der Waals surface area (Å²) in [6, 6.07) is 14.8. The number of ether oxygens (including phenoxy) is 2. The van der Waals surface area contributed by atoms with E-state index in [0.717, 1.165) is 49.7 Å². The Balaban J connectivity index is 1.24. The molecule has 5 rings (SSSR count). The molecule has 1 unspecified atom stereocenters. The Labute approximate surface area is 188 Å². The largest absolute Gasteiger partial charge is 0.493 e. The summed E-state index contributed by atoms with van der Waals surface area (Å²) in [7, 11) is 3.40. The zero-order chi connectivity index (χ0) is 21.9. The van der Waals surface area contributed by atoms with Crippen molar-refractivity contribution in [3.05, 3.63) is 59.5 Å². The lowest BCUT2D eigenvalue weighted by Gasteiger charge is -2.41.